The van der Waals surface area contributed by atoms with Crippen LogP contribution in [0.3, 0.4) is 0 Å². The van der Waals surface area contributed by atoms with Crippen LogP contribution in [0.25, 0.3) is 5.52 Å². The Labute approximate surface area is 221 Å². The number of anilines is 2. The SMILES string of the molecule is CC(C)(C)OC(=O)N1CCC(C(=O)N2CCC[C@H]2c2nc(Nc3cc(C4CC4)[nH]n3)c3cccn3n2)CC1. The van der Waals surface area contributed by atoms with Crippen molar-refractivity contribution >= 4 is 29.2 Å². The maximum atomic E-state index is 13.7. The lowest BCUT2D eigenvalue weighted by atomic mass is 9.95. The largest absolute Gasteiger partial charge is 0.444 e. The summed E-state index contributed by atoms with van der Waals surface area (Å²) in [6.07, 6.45) is 7.00. The first kappa shape index (κ1) is 24.7. The first-order chi connectivity index (χ1) is 18.2. The van der Waals surface area contributed by atoms with E-state index in [0.717, 1.165) is 29.9 Å². The lowest BCUT2D eigenvalue weighted by Gasteiger charge is -2.35. The van der Waals surface area contributed by atoms with Gasteiger partial charge in [-0.3, -0.25) is 9.89 Å². The normalized spacial score (nSPS) is 20.8. The van der Waals surface area contributed by atoms with Crippen LogP contribution in [0.15, 0.2) is 24.4 Å². The van der Waals surface area contributed by atoms with Gasteiger partial charge >= 0.3 is 6.09 Å². The van der Waals surface area contributed by atoms with Crippen LogP contribution in [0.1, 0.15) is 82.8 Å². The first-order valence-corrected chi connectivity index (χ1v) is 13.7. The molecule has 5 heterocycles. The van der Waals surface area contributed by atoms with Gasteiger partial charge in [0.1, 0.15) is 11.1 Å². The quantitative estimate of drug-likeness (QED) is 0.512. The number of hydrogen-bond donors (Lipinski definition) is 2. The van der Waals surface area contributed by atoms with E-state index >= 15 is 0 Å². The molecule has 0 spiro atoms. The molecule has 0 unspecified atom stereocenters. The van der Waals surface area contributed by atoms with Crippen LogP contribution in [0.2, 0.25) is 0 Å². The van der Waals surface area contributed by atoms with E-state index in [4.69, 9.17) is 14.8 Å². The number of likely N-dealkylation sites (tertiary alicyclic amines) is 2. The second-order valence-corrected chi connectivity index (χ2v) is 11.7. The summed E-state index contributed by atoms with van der Waals surface area (Å²) >= 11 is 0. The molecular weight excluding hydrogens is 484 g/mol. The van der Waals surface area contributed by atoms with Gasteiger partial charge in [0.2, 0.25) is 5.91 Å². The van der Waals surface area contributed by atoms with Gasteiger partial charge in [0, 0.05) is 49.4 Å². The number of rotatable bonds is 5. The van der Waals surface area contributed by atoms with Crippen LogP contribution in [0, 0.1) is 5.92 Å². The molecular formula is C27H36N8O3. The van der Waals surface area contributed by atoms with Gasteiger partial charge in [0.25, 0.3) is 0 Å². The molecule has 0 aromatic carbocycles. The Balaban J connectivity index is 1.17. The second kappa shape index (κ2) is 9.59. The molecule has 6 rings (SSSR count). The van der Waals surface area contributed by atoms with Gasteiger partial charge in [0.05, 0.1) is 6.04 Å². The molecule has 2 aliphatic heterocycles. The molecule has 3 aromatic rings. The number of nitrogens with zero attached hydrogens (tertiary/aromatic N) is 6. The lowest BCUT2D eigenvalue weighted by Crippen LogP contribution is -2.45. The van der Waals surface area contributed by atoms with E-state index in [2.05, 4.69) is 15.5 Å². The van der Waals surface area contributed by atoms with Crippen molar-refractivity contribution in [3.8, 4) is 0 Å². The van der Waals surface area contributed by atoms with Crippen LogP contribution < -0.4 is 5.32 Å². The number of fused-ring (bicyclic) bond motifs is 1. The van der Waals surface area contributed by atoms with Gasteiger partial charge in [-0.15, -0.1) is 0 Å². The Bertz CT molecular complexity index is 1330. The van der Waals surface area contributed by atoms with E-state index in [1.165, 1.54) is 12.8 Å². The second-order valence-electron chi connectivity index (χ2n) is 11.7. The lowest BCUT2D eigenvalue weighted by molar-refractivity contribution is -0.138. The Morgan fingerprint density at radius 2 is 1.89 bits per heavy atom. The van der Waals surface area contributed by atoms with Crippen molar-refractivity contribution in [3.05, 3.63) is 35.9 Å². The highest BCUT2D eigenvalue weighted by Gasteiger charge is 2.38. The number of piperidine rings is 1. The number of aromatic amines is 1. The van der Waals surface area contributed by atoms with Crippen molar-refractivity contribution in [3.63, 3.8) is 0 Å². The van der Waals surface area contributed by atoms with Gasteiger partial charge in [-0.25, -0.2) is 14.3 Å². The first-order valence-electron chi connectivity index (χ1n) is 13.7. The third-order valence-electron chi connectivity index (χ3n) is 7.60. The molecule has 1 atom stereocenters. The summed E-state index contributed by atoms with van der Waals surface area (Å²) in [5.74, 6) is 2.64. The molecule has 3 fully saturated rings. The monoisotopic (exact) mass is 520 g/mol. The number of hydrogen-bond acceptors (Lipinski definition) is 7. The fourth-order valence-corrected chi connectivity index (χ4v) is 5.48. The molecule has 1 aliphatic carbocycles. The summed E-state index contributed by atoms with van der Waals surface area (Å²) in [5, 5.41) is 15.7. The minimum Gasteiger partial charge on any atom is -0.444 e. The van der Waals surface area contributed by atoms with Gasteiger partial charge in [-0.05, 0) is 71.4 Å². The molecule has 11 nitrogen and oxygen atoms in total. The third kappa shape index (κ3) is 5.06. The molecule has 3 aliphatic rings. The van der Waals surface area contributed by atoms with Gasteiger partial charge in [0.15, 0.2) is 17.5 Å². The number of carbonyl (C=O) groups is 2. The Kier molecular flexibility index (Phi) is 6.23. The molecule has 2 amide bonds. The van der Waals surface area contributed by atoms with Crippen LogP contribution in [0.5, 0.6) is 0 Å². The molecule has 1 saturated carbocycles. The summed E-state index contributed by atoms with van der Waals surface area (Å²) in [5.41, 5.74) is 1.48. The smallest absolute Gasteiger partial charge is 0.410 e. The molecule has 38 heavy (non-hydrogen) atoms. The Morgan fingerprint density at radius 1 is 1.11 bits per heavy atom. The van der Waals surface area contributed by atoms with E-state index in [0.29, 0.717) is 50.0 Å². The summed E-state index contributed by atoms with van der Waals surface area (Å²) in [6.45, 7) is 7.33. The number of aromatic nitrogens is 5. The maximum Gasteiger partial charge on any atom is 0.410 e. The van der Waals surface area contributed by atoms with Crippen LogP contribution >= 0.6 is 0 Å². The predicted molar refractivity (Wildman–Crippen MR) is 141 cm³/mol. The van der Waals surface area contributed by atoms with Crippen LogP contribution in [0.4, 0.5) is 16.4 Å². The highest BCUT2D eigenvalue weighted by Crippen LogP contribution is 2.40. The van der Waals surface area contributed by atoms with E-state index in [-0.39, 0.29) is 24.0 Å². The molecule has 202 valence electrons. The van der Waals surface area contributed by atoms with Crippen molar-refractivity contribution < 1.29 is 14.3 Å². The summed E-state index contributed by atoms with van der Waals surface area (Å²) < 4.78 is 7.33. The molecule has 0 bridgehead atoms. The molecule has 3 aromatic heterocycles. The topological polar surface area (TPSA) is 121 Å². The number of ether oxygens (including phenoxy) is 1. The summed E-state index contributed by atoms with van der Waals surface area (Å²) in [6, 6.07) is 5.78. The van der Waals surface area contributed by atoms with E-state index in [1.54, 1.807) is 4.90 Å². The minimum absolute atomic E-state index is 0.118. The zero-order valence-electron chi connectivity index (χ0n) is 22.3. The molecule has 2 N–H and O–H groups in total. The van der Waals surface area contributed by atoms with Crippen LogP contribution in [-0.2, 0) is 9.53 Å². The Morgan fingerprint density at radius 3 is 2.63 bits per heavy atom. The van der Waals surface area contributed by atoms with Crippen molar-refractivity contribution in [1.29, 1.82) is 0 Å². The van der Waals surface area contributed by atoms with Gasteiger partial charge < -0.3 is 19.9 Å². The van der Waals surface area contributed by atoms with Crippen LogP contribution in [-0.4, -0.2) is 71.8 Å². The summed E-state index contributed by atoms with van der Waals surface area (Å²) in [4.78, 5) is 34.7. The molecule has 0 radical (unpaired) electrons. The van der Waals surface area contributed by atoms with Crippen molar-refractivity contribution in [2.24, 2.45) is 5.92 Å². The van der Waals surface area contributed by atoms with Gasteiger partial charge in [-0.1, -0.05) is 0 Å². The average molecular weight is 521 g/mol. The fourth-order valence-electron chi connectivity index (χ4n) is 5.48. The highest BCUT2D eigenvalue weighted by atomic mass is 16.6. The van der Waals surface area contributed by atoms with E-state index in [9.17, 15) is 9.59 Å². The molecule has 2 saturated heterocycles. The van der Waals surface area contributed by atoms with Gasteiger partial charge in [-0.2, -0.15) is 10.2 Å². The average Bonchev–Trinajstić information content (AvgIpc) is 3.24. The number of nitrogens with one attached hydrogen (secondary N) is 2. The molecule has 11 heteroatoms. The Hall–Kier alpha value is -3.63. The van der Waals surface area contributed by atoms with E-state index in [1.807, 2.05) is 54.6 Å². The van der Waals surface area contributed by atoms with Crippen molar-refractivity contribution in [2.45, 2.75) is 76.9 Å². The fraction of sp³-hybridized carbons (Fsp3) is 0.593. The third-order valence-corrected chi connectivity index (χ3v) is 7.60. The highest BCUT2D eigenvalue weighted by molar-refractivity contribution is 5.80. The minimum atomic E-state index is -0.530. The summed E-state index contributed by atoms with van der Waals surface area (Å²) in [7, 11) is 0. The number of H-pyrrole nitrogens is 1. The van der Waals surface area contributed by atoms with E-state index < -0.39 is 5.60 Å². The number of amides is 2. The standard InChI is InChI=1S/C27H36N8O3/c1-27(2,3)38-26(37)33-14-10-18(11-15-33)25(36)34-12-4-6-20(34)24-29-23(21-7-5-13-35(21)32-24)28-22-16-19(30-31-22)17-8-9-17/h5,7,13,16-18,20H,4,6,8-12,14-15H2,1-3H3,(H2,28,29,30,31,32)/t20-/m0/s1. The zero-order chi connectivity index (χ0) is 26.4. The maximum absolute atomic E-state index is 13.7. The number of carbonyl (C=O) groups excluding carboxylic acids is 2. The van der Waals surface area contributed by atoms with Crippen molar-refractivity contribution in [1.82, 2.24) is 34.6 Å². The van der Waals surface area contributed by atoms with Crippen molar-refractivity contribution in [2.75, 3.05) is 25.0 Å². The predicted octanol–water partition coefficient (Wildman–Crippen LogP) is 4.38. The zero-order valence-corrected chi connectivity index (χ0v) is 22.3.